The van der Waals surface area contributed by atoms with Gasteiger partial charge in [0, 0.05) is 34.9 Å². The summed E-state index contributed by atoms with van der Waals surface area (Å²) in [5, 5.41) is 7.05. The normalized spacial score (nSPS) is 13.4. The second-order valence-corrected chi connectivity index (χ2v) is 8.03. The minimum atomic E-state index is -0.115. The molecule has 2 N–H and O–H groups in total. The topological polar surface area (TPSA) is 59.0 Å². The Bertz CT molecular complexity index is 1240. The summed E-state index contributed by atoms with van der Waals surface area (Å²) in [4.78, 5) is 16.4. The van der Waals surface area contributed by atoms with E-state index in [-0.39, 0.29) is 5.91 Å². The van der Waals surface area contributed by atoms with Crippen molar-refractivity contribution in [3.05, 3.63) is 71.8 Å². The Labute approximate surface area is 179 Å². The van der Waals surface area contributed by atoms with Crippen LogP contribution in [0.15, 0.2) is 66.7 Å². The van der Waals surface area contributed by atoms with Crippen LogP contribution in [0.2, 0.25) is 5.02 Å². The van der Waals surface area contributed by atoms with Crippen LogP contribution < -0.4 is 10.6 Å². The largest absolute Gasteiger partial charge is 0.353 e. The molecule has 0 bridgehead atoms. The maximum atomic E-state index is 11.6. The van der Waals surface area contributed by atoms with Gasteiger partial charge in [-0.3, -0.25) is 9.36 Å². The lowest BCUT2D eigenvalue weighted by Gasteiger charge is -2.13. The van der Waals surface area contributed by atoms with Crippen molar-refractivity contribution in [2.75, 3.05) is 10.6 Å². The summed E-state index contributed by atoms with van der Waals surface area (Å²) < 4.78 is 2.16. The number of imidazole rings is 1. The van der Waals surface area contributed by atoms with E-state index in [0.29, 0.717) is 11.1 Å². The van der Waals surface area contributed by atoms with Crippen LogP contribution >= 0.6 is 11.6 Å². The molecule has 30 heavy (non-hydrogen) atoms. The van der Waals surface area contributed by atoms with Crippen molar-refractivity contribution in [3.8, 4) is 16.8 Å². The number of rotatable bonds is 5. The smallest absolute Gasteiger partial charge is 0.221 e. The summed E-state index contributed by atoms with van der Waals surface area (Å²) in [7, 11) is 0. The molecule has 0 aliphatic heterocycles. The van der Waals surface area contributed by atoms with Gasteiger partial charge in [-0.05, 0) is 60.9 Å². The van der Waals surface area contributed by atoms with Crippen LogP contribution in [-0.2, 0) is 4.79 Å². The van der Waals surface area contributed by atoms with E-state index >= 15 is 0 Å². The van der Waals surface area contributed by atoms with E-state index in [1.807, 2.05) is 42.5 Å². The lowest BCUT2D eigenvalue weighted by atomic mass is 10.0. The summed E-state index contributed by atoms with van der Waals surface area (Å²) in [6, 6.07) is 22.4. The number of anilines is 2. The maximum absolute atomic E-state index is 11.6. The molecule has 4 aromatic rings. The molecule has 1 saturated carbocycles. The van der Waals surface area contributed by atoms with E-state index in [1.165, 1.54) is 19.8 Å². The zero-order valence-electron chi connectivity index (χ0n) is 16.5. The second-order valence-electron chi connectivity index (χ2n) is 7.60. The average Bonchev–Trinajstić information content (AvgIpc) is 3.47. The Morgan fingerprint density at radius 3 is 2.57 bits per heavy atom. The minimum absolute atomic E-state index is 0.115. The molecule has 1 amide bonds. The van der Waals surface area contributed by atoms with Gasteiger partial charge >= 0.3 is 0 Å². The van der Waals surface area contributed by atoms with Gasteiger partial charge in [0.25, 0.3) is 0 Å². The minimum Gasteiger partial charge on any atom is -0.353 e. The molecule has 1 aliphatic rings. The van der Waals surface area contributed by atoms with Gasteiger partial charge in [0.15, 0.2) is 0 Å². The zero-order chi connectivity index (χ0) is 20.7. The van der Waals surface area contributed by atoms with Crippen molar-refractivity contribution in [1.82, 2.24) is 9.55 Å². The van der Waals surface area contributed by atoms with Crippen molar-refractivity contribution >= 4 is 40.2 Å². The van der Waals surface area contributed by atoms with Crippen molar-refractivity contribution in [2.24, 2.45) is 0 Å². The maximum Gasteiger partial charge on any atom is 0.221 e. The lowest BCUT2D eigenvalue weighted by Crippen LogP contribution is -2.08. The van der Waals surface area contributed by atoms with E-state index in [2.05, 4.69) is 33.4 Å². The molecule has 5 nitrogen and oxygen atoms in total. The van der Waals surface area contributed by atoms with Crippen molar-refractivity contribution in [3.63, 3.8) is 0 Å². The average molecular weight is 417 g/mol. The van der Waals surface area contributed by atoms with Gasteiger partial charge in [-0.2, -0.15) is 0 Å². The molecule has 1 fully saturated rings. The monoisotopic (exact) mass is 416 g/mol. The van der Waals surface area contributed by atoms with Crippen LogP contribution in [-0.4, -0.2) is 21.5 Å². The molecule has 0 saturated heterocycles. The third kappa shape index (κ3) is 3.64. The van der Waals surface area contributed by atoms with E-state index < -0.39 is 0 Å². The molecule has 0 spiro atoms. The Morgan fingerprint density at radius 1 is 1.07 bits per heavy atom. The van der Waals surface area contributed by atoms with E-state index in [1.54, 1.807) is 6.07 Å². The third-order valence-corrected chi connectivity index (χ3v) is 5.44. The summed E-state index contributed by atoms with van der Waals surface area (Å²) in [5.41, 5.74) is 5.66. The molecule has 0 radical (unpaired) electrons. The highest BCUT2D eigenvalue weighted by molar-refractivity contribution is 6.31. The highest BCUT2D eigenvalue weighted by atomic mass is 35.5. The molecule has 0 atom stereocenters. The number of hydrogen-bond donors (Lipinski definition) is 2. The Kier molecular flexibility index (Phi) is 4.68. The van der Waals surface area contributed by atoms with E-state index in [9.17, 15) is 4.79 Å². The molecular weight excluding hydrogens is 396 g/mol. The van der Waals surface area contributed by atoms with Gasteiger partial charge in [-0.1, -0.05) is 35.9 Å². The molecule has 5 rings (SSSR count). The summed E-state index contributed by atoms with van der Waals surface area (Å²) >= 11 is 6.22. The fourth-order valence-electron chi connectivity index (χ4n) is 3.64. The first-order valence-electron chi connectivity index (χ1n) is 10.0. The van der Waals surface area contributed by atoms with Crippen molar-refractivity contribution < 1.29 is 4.79 Å². The molecule has 1 aromatic heterocycles. The highest BCUT2D eigenvalue weighted by Crippen LogP contribution is 2.33. The SMILES string of the molecule is CC(=O)Nc1ccc(Cl)cc1-c1ccc(-n2c(NC3CC3)nc3ccccc32)cc1. The number of halogens is 1. The third-order valence-electron chi connectivity index (χ3n) is 5.20. The fourth-order valence-corrected chi connectivity index (χ4v) is 3.81. The van der Waals surface area contributed by atoms with Crippen LogP contribution in [0.5, 0.6) is 0 Å². The lowest BCUT2D eigenvalue weighted by molar-refractivity contribution is -0.114. The number of para-hydroxylation sites is 2. The van der Waals surface area contributed by atoms with Gasteiger partial charge in [-0.25, -0.2) is 4.98 Å². The number of benzene rings is 3. The Balaban J connectivity index is 1.57. The van der Waals surface area contributed by atoms with Crippen LogP contribution in [0.25, 0.3) is 27.8 Å². The summed E-state index contributed by atoms with van der Waals surface area (Å²) in [6.45, 7) is 1.50. The summed E-state index contributed by atoms with van der Waals surface area (Å²) in [5.74, 6) is 0.754. The fraction of sp³-hybridized carbons (Fsp3) is 0.167. The number of carbonyl (C=O) groups is 1. The first-order valence-corrected chi connectivity index (χ1v) is 10.4. The number of hydrogen-bond acceptors (Lipinski definition) is 3. The standard InChI is InChI=1S/C24H21ClN4O/c1-15(30)26-21-13-8-17(25)14-20(21)16-6-11-19(12-7-16)29-23-5-3-2-4-22(23)28-24(29)27-18-9-10-18/h2-8,11-14,18H,9-10H2,1H3,(H,26,30)(H,27,28). The number of carbonyl (C=O) groups excluding carboxylic acids is 1. The summed E-state index contributed by atoms with van der Waals surface area (Å²) in [6.07, 6.45) is 2.37. The Hall–Kier alpha value is -3.31. The quantitative estimate of drug-likeness (QED) is 0.427. The molecule has 150 valence electrons. The van der Waals surface area contributed by atoms with E-state index in [4.69, 9.17) is 16.6 Å². The van der Waals surface area contributed by atoms with Gasteiger partial charge in [0.2, 0.25) is 11.9 Å². The predicted octanol–water partition coefficient (Wildman–Crippen LogP) is 5.88. The molecular formula is C24H21ClN4O. The van der Waals surface area contributed by atoms with Crippen LogP contribution in [0.4, 0.5) is 11.6 Å². The molecule has 0 unspecified atom stereocenters. The molecule has 3 aromatic carbocycles. The Morgan fingerprint density at radius 2 is 1.83 bits per heavy atom. The van der Waals surface area contributed by atoms with Crippen LogP contribution in [0.3, 0.4) is 0 Å². The van der Waals surface area contributed by atoms with Crippen molar-refractivity contribution in [2.45, 2.75) is 25.8 Å². The van der Waals surface area contributed by atoms with Crippen LogP contribution in [0, 0.1) is 0 Å². The first kappa shape index (κ1) is 18.7. The highest BCUT2D eigenvalue weighted by Gasteiger charge is 2.24. The molecule has 1 aliphatic carbocycles. The van der Waals surface area contributed by atoms with Crippen LogP contribution in [0.1, 0.15) is 19.8 Å². The molecule has 6 heteroatoms. The number of nitrogens with zero attached hydrogens (tertiary/aromatic N) is 2. The van der Waals surface area contributed by atoms with E-state index in [0.717, 1.165) is 39.5 Å². The number of aromatic nitrogens is 2. The van der Waals surface area contributed by atoms with Crippen molar-refractivity contribution in [1.29, 1.82) is 0 Å². The first-order chi connectivity index (χ1) is 14.6. The van der Waals surface area contributed by atoms with Gasteiger partial charge < -0.3 is 10.6 Å². The van der Waals surface area contributed by atoms with Gasteiger partial charge in [-0.15, -0.1) is 0 Å². The zero-order valence-corrected chi connectivity index (χ0v) is 17.3. The van der Waals surface area contributed by atoms with Gasteiger partial charge in [0.05, 0.1) is 11.0 Å². The molecule has 1 heterocycles. The number of amides is 1. The number of fused-ring (bicyclic) bond motifs is 1. The van der Waals surface area contributed by atoms with Gasteiger partial charge in [0.1, 0.15) is 0 Å². The predicted molar refractivity (Wildman–Crippen MR) is 122 cm³/mol. The second kappa shape index (κ2) is 7.50. The number of nitrogens with one attached hydrogen (secondary N) is 2.